The van der Waals surface area contributed by atoms with Crippen LogP contribution in [0.1, 0.15) is 18.9 Å². The van der Waals surface area contributed by atoms with Gasteiger partial charge in [-0.15, -0.1) is 0 Å². The lowest BCUT2D eigenvalue weighted by Gasteiger charge is -1.98. The molecule has 0 aromatic heterocycles. The van der Waals surface area contributed by atoms with Crippen LogP contribution in [0.3, 0.4) is 0 Å². The lowest BCUT2D eigenvalue weighted by molar-refractivity contribution is -0.385. The maximum absolute atomic E-state index is 11.0. The fourth-order valence-corrected chi connectivity index (χ4v) is 1.20. The maximum Gasteiger partial charge on any atom is 0.317 e. The Morgan fingerprint density at radius 1 is 1.56 bits per heavy atom. The van der Waals surface area contributed by atoms with Crippen LogP contribution in [-0.2, 0) is 9.53 Å². The number of hydrogen-bond donors (Lipinski definition) is 1. The van der Waals surface area contributed by atoms with Gasteiger partial charge in [-0.2, -0.15) is 0 Å². The summed E-state index contributed by atoms with van der Waals surface area (Å²) >= 11 is 0. The number of esters is 1. The summed E-state index contributed by atoms with van der Waals surface area (Å²) in [5.74, 6) is 4.00. The molecule has 94 valence electrons. The van der Waals surface area contributed by atoms with Crippen LogP contribution in [0.15, 0.2) is 18.2 Å². The average Bonchev–Trinajstić information content (AvgIpc) is 2.31. The van der Waals surface area contributed by atoms with Gasteiger partial charge in [0.05, 0.1) is 17.1 Å². The zero-order chi connectivity index (χ0) is 13.5. The van der Waals surface area contributed by atoms with Crippen LogP contribution in [0.4, 0.5) is 5.69 Å². The third-order valence-electron chi connectivity index (χ3n) is 1.97. The number of carbonyl (C=O) groups is 1. The summed E-state index contributed by atoms with van der Waals surface area (Å²) in [6, 6.07) is 4.01. The molecule has 0 bridgehead atoms. The molecule has 6 nitrogen and oxygen atoms in total. The summed E-state index contributed by atoms with van der Waals surface area (Å²) in [6.07, 6.45) is -0.129. The molecule has 0 aliphatic carbocycles. The van der Waals surface area contributed by atoms with Gasteiger partial charge in [0, 0.05) is 6.07 Å². The van der Waals surface area contributed by atoms with Gasteiger partial charge in [0.15, 0.2) is 0 Å². The molecule has 0 saturated carbocycles. The molecule has 1 rings (SSSR count). The van der Waals surface area contributed by atoms with Gasteiger partial charge in [-0.05, 0) is 13.0 Å². The molecule has 1 aromatic rings. The first-order valence-corrected chi connectivity index (χ1v) is 5.17. The molecular weight excluding hydrogens is 238 g/mol. The highest BCUT2D eigenvalue weighted by Crippen LogP contribution is 2.28. The van der Waals surface area contributed by atoms with Crippen LogP contribution in [0, 0.1) is 22.0 Å². The largest absolute Gasteiger partial charge is 0.501 e. The number of nitrogens with zero attached hydrogens (tertiary/aromatic N) is 1. The van der Waals surface area contributed by atoms with Crippen molar-refractivity contribution in [3.63, 3.8) is 0 Å². The molecule has 6 heteroatoms. The molecule has 1 N–H and O–H groups in total. The highest BCUT2D eigenvalue weighted by atomic mass is 16.6. The lowest BCUT2D eigenvalue weighted by atomic mass is 10.1. The highest BCUT2D eigenvalue weighted by molar-refractivity contribution is 5.72. The van der Waals surface area contributed by atoms with Gasteiger partial charge in [-0.25, -0.2) is 0 Å². The van der Waals surface area contributed by atoms with Crippen LogP contribution >= 0.6 is 0 Å². The van der Waals surface area contributed by atoms with E-state index >= 15 is 0 Å². The van der Waals surface area contributed by atoms with E-state index in [4.69, 9.17) is 0 Å². The topological polar surface area (TPSA) is 89.7 Å². The van der Waals surface area contributed by atoms with Crippen molar-refractivity contribution in [3.05, 3.63) is 33.9 Å². The van der Waals surface area contributed by atoms with Crippen LogP contribution in [0.2, 0.25) is 0 Å². The standard InChI is InChI=1S/C12H11NO5/c1-2-18-11(14)8-4-6-9-5-3-7-10(12(9)15)13(16)17/h3,5,7,15H,2,8H2,1H3. The molecule has 0 radical (unpaired) electrons. The predicted molar refractivity (Wildman–Crippen MR) is 62.9 cm³/mol. The Labute approximate surface area is 103 Å². The van der Waals surface area contributed by atoms with E-state index in [0.717, 1.165) is 0 Å². The van der Waals surface area contributed by atoms with E-state index in [0.29, 0.717) is 0 Å². The molecule has 18 heavy (non-hydrogen) atoms. The number of phenols is 1. The third-order valence-corrected chi connectivity index (χ3v) is 1.97. The number of para-hydroxylation sites is 1. The highest BCUT2D eigenvalue weighted by Gasteiger charge is 2.14. The lowest BCUT2D eigenvalue weighted by Crippen LogP contribution is -2.01. The van der Waals surface area contributed by atoms with E-state index in [-0.39, 0.29) is 18.6 Å². The van der Waals surface area contributed by atoms with Crippen molar-refractivity contribution >= 4 is 11.7 Å². The maximum atomic E-state index is 11.0. The molecule has 0 aliphatic rings. The average molecular weight is 249 g/mol. The Morgan fingerprint density at radius 3 is 2.89 bits per heavy atom. The molecule has 0 amide bonds. The van der Waals surface area contributed by atoms with E-state index in [2.05, 4.69) is 16.6 Å². The fourth-order valence-electron chi connectivity index (χ4n) is 1.20. The van der Waals surface area contributed by atoms with Crippen LogP contribution in [-0.4, -0.2) is 22.6 Å². The smallest absolute Gasteiger partial charge is 0.317 e. The summed E-state index contributed by atoms with van der Waals surface area (Å²) in [5, 5.41) is 20.1. The van der Waals surface area contributed by atoms with E-state index in [1.165, 1.54) is 18.2 Å². The summed E-state index contributed by atoms with van der Waals surface area (Å²) in [4.78, 5) is 20.9. The Morgan fingerprint density at radius 2 is 2.28 bits per heavy atom. The zero-order valence-corrected chi connectivity index (χ0v) is 9.67. The Kier molecular flexibility index (Phi) is 4.69. The molecule has 0 atom stereocenters. The van der Waals surface area contributed by atoms with Crippen LogP contribution < -0.4 is 0 Å². The quantitative estimate of drug-likeness (QED) is 0.380. The number of carbonyl (C=O) groups excluding carboxylic acids is 1. The van der Waals surface area contributed by atoms with Crippen LogP contribution in [0.5, 0.6) is 5.75 Å². The minimum absolute atomic E-state index is 0.105. The second-order valence-corrected chi connectivity index (χ2v) is 3.21. The Bertz CT molecular complexity index is 527. The van der Waals surface area contributed by atoms with E-state index in [1.807, 2.05) is 0 Å². The molecule has 0 spiro atoms. The van der Waals surface area contributed by atoms with Gasteiger partial charge in [-0.1, -0.05) is 17.9 Å². The van der Waals surface area contributed by atoms with Crippen LogP contribution in [0.25, 0.3) is 0 Å². The van der Waals surface area contributed by atoms with Gasteiger partial charge in [0.2, 0.25) is 5.75 Å². The number of rotatable bonds is 3. The Balaban J connectivity index is 2.86. The first kappa shape index (κ1) is 13.5. The monoisotopic (exact) mass is 249 g/mol. The van der Waals surface area contributed by atoms with Crippen molar-refractivity contribution in [2.24, 2.45) is 0 Å². The van der Waals surface area contributed by atoms with Gasteiger partial charge in [-0.3, -0.25) is 14.9 Å². The summed E-state index contributed by atoms with van der Waals surface area (Å²) in [7, 11) is 0. The number of ether oxygens (including phenoxy) is 1. The minimum atomic E-state index is -0.703. The van der Waals surface area contributed by atoms with Gasteiger partial charge in [0.25, 0.3) is 0 Å². The number of benzene rings is 1. The molecule has 0 unspecified atom stereocenters. The molecule has 0 aliphatic heterocycles. The summed E-state index contributed by atoms with van der Waals surface area (Å²) in [5.41, 5.74) is -0.313. The van der Waals surface area contributed by atoms with E-state index in [9.17, 15) is 20.0 Å². The number of nitro benzene ring substituents is 1. The normalized spacial score (nSPS) is 9.17. The van der Waals surface area contributed by atoms with Gasteiger partial charge >= 0.3 is 11.7 Å². The first-order valence-electron chi connectivity index (χ1n) is 5.17. The van der Waals surface area contributed by atoms with Crippen molar-refractivity contribution in [1.29, 1.82) is 0 Å². The summed E-state index contributed by atoms with van der Waals surface area (Å²) < 4.78 is 4.66. The summed E-state index contributed by atoms with van der Waals surface area (Å²) in [6.45, 7) is 1.94. The molecular formula is C12H11NO5. The molecule has 1 aromatic carbocycles. The molecule has 0 heterocycles. The van der Waals surface area contributed by atoms with Crippen molar-refractivity contribution < 1.29 is 19.6 Å². The number of phenolic OH excluding ortho intramolecular Hbond substituents is 1. The van der Waals surface area contributed by atoms with Gasteiger partial charge in [0.1, 0.15) is 6.42 Å². The van der Waals surface area contributed by atoms with E-state index in [1.54, 1.807) is 6.92 Å². The molecule has 0 fully saturated rings. The SMILES string of the molecule is CCOC(=O)CC#Cc1cccc([N+](=O)[O-])c1O. The predicted octanol–water partition coefficient (Wildman–Crippen LogP) is 1.61. The minimum Gasteiger partial charge on any atom is -0.501 e. The Hall–Kier alpha value is -2.55. The van der Waals surface area contributed by atoms with Crippen molar-refractivity contribution in [2.75, 3.05) is 6.61 Å². The van der Waals surface area contributed by atoms with Gasteiger partial charge < -0.3 is 9.84 Å². The fraction of sp³-hybridized carbons (Fsp3) is 0.250. The van der Waals surface area contributed by atoms with Crippen molar-refractivity contribution in [2.45, 2.75) is 13.3 Å². The van der Waals surface area contributed by atoms with Crippen molar-refractivity contribution in [3.8, 4) is 17.6 Å². The second-order valence-electron chi connectivity index (χ2n) is 3.21. The van der Waals surface area contributed by atoms with Crippen molar-refractivity contribution in [1.82, 2.24) is 0 Å². The number of hydrogen-bond acceptors (Lipinski definition) is 5. The third kappa shape index (κ3) is 3.49. The number of aromatic hydroxyl groups is 1. The second kappa shape index (κ2) is 6.25. The zero-order valence-electron chi connectivity index (χ0n) is 9.67. The van der Waals surface area contributed by atoms with E-state index < -0.39 is 22.3 Å². The number of nitro groups is 1. The molecule has 0 saturated heterocycles. The first-order chi connectivity index (χ1) is 8.56.